The number of nitrogens with one attached hydrogen (secondary N) is 1. The highest BCUT2D eigenvalue weighted by atomic mass is 19.1. The van der Waals surface area contributed by atoms with Gasteiger partial charge in [-0.15, -0.1) is 0 Å². The lowest BCUT2D eigenvalue weighted by Gasteiger charge is -2.17. The molecule has 1 amide bonds. The highest BCUT2D eigenvalue weighted by Gasteiger charge is 2.30. The summed E-state index contributed by atoms with van der Waals surface area (Å²) in [6, 6.07) is 2.09. The molecule has 0 aliphatic carbocycles. The molecular formula is C13H16FN3O5. The monoisotopic (exact) mass is 313 g/mol. The van der Waals surface area contributed by atoms with Gasteiger partial charge in [-0.3, -0.25) is 10.1 Å². The Morgan fingerprint density at radius 2 is 2.23 bits per heavy atom. The fraction of sp³-hybridized carbons (Fsp3) is 0.462. The standard InChI is InChI=1S/C13H16FN3O5/c1-21-9-5-10(14)12(17(19)20)11(6-9)15-8-3-4-16(7-8)13(18)22-2/h5-6,8,15H,3-4,7H2,1-2H3. The van der Waals surface area contributed by atoms with E-state index in [4.69, 9.17) is 4.74 Å². The predicted molar refractivity (Wildman–Crippen MR) is 75.6 cm³/mol. The zero-order valence-electron chi connectivity index (χ0n) is 12.2. The maximum absolute atomic E-state index is 13.8. The third-order valence-electron chi connectivity index (χ3n) is 3.44. The smallest absolute Gasteiger partial charge is 0.409 e. The Kier molecular flexibility index (Phi) is 4.64. The molecule has 0 aromatic heterocycles. The number of likely N-dealkylation sites (tertiary alicyclic amines) is 1. The minimum absolute atomic E-state index is 0.0264. The van der Waals surface area contributed by atoms with Crippen molar-refractivity contribution < 1.29 is 23.6 Å². The number of methoxy groups -OCH3 is 2. The molecule has 1 fully saturated rings. The van der Waals surface area contributed by atoms with Gasteiger partial charge < -0.3 is 19.7 Å². The van der Waals surface area contributed by atoms with Crippen LogP contribution in [0.4, 0.5) is 20.6 Å². The topological polar surface area (TPSA) is 93.9 Å². The molecule has 0 saturated carbocycles. The summed E-state index contributed by atoms with van der Waals surface area (Å²) in [5.74, 6) is -0.803. The molecule has 8 nitrogen and oxygen atoms in total. The third-order valence-corrected chi connectivity index (χ3v) is 3.44. The molecule has 1 saturated heterocycles. The largest absolute Gasteiger partial charge is 0.497 e. The van der Waals surface area contributed by atoms with Crippen LogP contribution in [0.1, 0.15) is 6.42 Å². The summed E-state index contributed by atoms with van der Waals surface area (Å²) >= 11 is 0. The molecule has 0 bridgehead atoms. The van der Waals surface area contributed by atoms with E-state index in [9.17, 15) is 19.3 Å². The fourth-order valence-corrected chi connectivity index (χ4v) is 2.38. The number of anilines is 1. The van der Waals surface area contributed by atoms with Crippen molar-refractivity contribution in [1.82, 2.24) is 4.90 Å². The van der Waals surface area contributed by atoms with Gasteiger partial charge in [0.15, 0.2) is 0 Å². The molecule has 0 spiro atoms. The average molecular weight is 313 g/mol. The van der Waals surface area contributed by atoms with Crippen LogP contribution in [0.25, 0.3) is 0 Å². The molecule has 120 valence electrons. The molecular weight excluding hydrogens is 297 g/mol. The molecule has 1 aromatic carbocycles. The number of halogens is 1. The second-order valence-corrected chi connectivity index (χ2v) is 4.81. The van der Waals surface area contributed by atoms with Crippen LogP contribution in [0.5, 0.6) is 5.75 Å². The summed E-state index contributed by atoms with van der Waals surface area (Å²) in [6.45, 7) is 0.785. The summed E-state index contributed by atoms with van der Waals surface area (Å²) in [6.07, 6.45) is 0.112. The van der Waals surface area contributed by atoms with Crippen LogP contribution >= 0.6 is 0 Å². The number of carbonyl (C=O) groups excluding carboxylic acids is 1. The Morgan fingerprint density at radius 1 is 1.50 bits per heavy atom. The van der Waals surface area contributed by atoms with Crippen molar-refractivity contribution in [3.8, 4) is 5.75 Å². The Bertz CT molecular complexity index is 595. The number of rotatable bonds is 4. The van der Waals surface area contributed by atoms with Crippen LogP contribution in [0.2, 0.25) is 0 Å². The lowest BCUT2D eigenvalue weighted by atomic mass is 10.2. The number of benzene rings is 1. The Hall–Kier alpha value is -2.58. The number of ether oxygens (including phenoxy) is 2. The van der Waals surface area contributed by atoms with E-state index in [1.165, 1.54) is 25.2 Å². The first-order valence-corrected chi connectivity index (χ1v) is 6.57. The Morgan fingerprint density at radius 3 is 2.82 bits per heavy atom. The SMILES string of the molecule is COC(=O)N1CCC(Nc2cc(OC)cc(F)c2[N+](=O)[O-])C1. The van der Waals surface area contributed by atoms with Crippen molar-refractivity contribution in [3.63, 3.8) is 0 Å². The normalized spacial score (nSPS) is 17.2. The minimum atomic E-state index is -0.977. The molecule has 2 rings (SSSR count). The van der Waals surface area contributed by atoms with Gasteiger partial charge in [-0.05, 0) is 6.42 Å². The maximum Gasteiger partial charge on any atom is 0.409 e. The Balaban J connectivity index is 2.20. The van der Waals surface area contributed by atoms with E-state index in [0.29, 0.717) is 19.5 Å². The molecule has 0 radical (unpaired) electrons. The summed E-state index contributed by atoms with van der Waals surface area (Å²) < 4.78 is 23.4. The predicted octanol–water partition coefficient (Wildman–Crippen LogP) is 2.00. The minimum Gasteiger partial charge on any atom is -0.497 e. The lowest BCUT2D eigenvalue weighted by molar-refractivity contribution is -0.386. The van der Waals surface area contributed by atoms with Crippen molar-refractivity contribution in [2.45, 2.75) is 12.5 Å². The molecule has 1 aromatic rings. The summed E-state index contributed by atoms with van der Waals surface area (Å²) in [5, 5.41) is 13.9. The first-order chi connectivity index (χ1) is 10.5. The quantitative estimate of drug-likeness (QED) is 0.675. The van der Waals surface area contributed by atoms with E-state index in [1.807, 2.05) is 0 Å². The van der Waals surface area contributed by atoms with Crippen LogP contribution in [-0.2, 0) is 4.74 Å². The molecule has 1 N–H and O–H groups in total. The van der Waals surface area contributed by atoms with Crippen LogP contribution in [-0.4, -0.2) is 49.3 Å². The van der Waals surface area contributed by atoms with Crippen molar-refractivity contribution >= 4 is 17.5 Å². The molecule has 9 heteroatoms. The van der Waals surface area contributed by atoms with Crippen LogP contribution < -0.4 is 10.1 Å². The Labute approximate surface area is 125 Å². The third kappa shape index (κ3) is 3.18. The van der Waals surface area contributed by atoms with Gasteiger partial charge in [0.1, 0.15) is 11.4 Å². The number of nitro benzene ring substituents is 1. The molecule has 1 atom stereocenters. The molecule has 1 heterocycles. The number of carbonyl (C=O) groups is 1. The summed E-state index contributed by atoms with van der Waals surface area (Å²) in [5.41, 5.74) is -0.615. The van der Waals surface area contributed by atoms with E-state index >= 15 is 0 Å². The van der Waals surface area contributed by atoms with Gasteiger partial charge in [0, 0.05) is 31.3 Å². The van der Waals surface area contributed by atoms with Crippen molar-refractivity contribution in [3.05, 3.63) is 28.1 Å². The average Bonchev–Trinajstić information content (AvgIpc) is 2.93. The first kappa shape index (κ1) is 15.8. The van der Waals surface area contributed by atoms with Crippen LogP contribution in [0.15, 0.2) is 12.1 Å². The van der Waals surface area contributed by atoms with Gasteiger partial charge in [-0.1, -0.05) is 0 Å². The van der Waals surface area contributed by atoms with Gasteiger partial charge in [-0.2, -0.15) is 4.39 Å². The van der Waals surface area contributed by atoms with Crippen molar-refractivity contribution in [1.29, 1.82) is 0 Å². The van der Waals surface area contributed by atoms with E-state index in [0.717, 1.165) is 6.07 Å². The number of amides is 1. The van der Waals surface area contributed by atoms with E-state index in [-0.39, 0.29) is 17.5 Å². The number of nitrogens with zero attached hydrogens (tertiary/aromatic N) is 2. The highest BCUT2D eigenvalue weighted by molar-refractivity contribution is 5.69. The second-order valence-electron chi connectivity index (χ2n) is 4.81. The maximum atomic E-state index is 13.8. The summed E-state index contributed by atoms with van der Waals surface area (Å²) in [7, 11) is 2.63. The zero-order chi connectivity index (χ0) is 16.3. The van der Waals surface area contributed by atoms with Crippen LogP contribution in [0, 0.1) is 15.9 Å². The number of hydrogen-bond acceptors (Lipinski definition) is 6. The van der Waals surface area contributed by atoms with E-state index in [1.54, 1.807) is 0 Å². The first-order valence-electron chi connectivity index (χ1n) is 6.57. The highest BCUT2D eigenvalue weighted by Crippen LogP contribution is 2.33. The summed E-state index contributed by atoms with van der Waals surface area (Å²) in [4.78, 5) is 23.1. The van der Waals surface area contributed by atoms with Gasteiger partial charge in [0.25, 0.3) is 0 Å². The van der Waals surface area contributed by atoms with Gasteiger partial charge in [0.2, 0.25) is 5.82 Å². The molecule has 1 aliphatic heterocycles. The number of hydrogen-bond donors (Lipinski definition) is 1. The van der Waals surface area contributed by atoms with Gasteiger partial charge in [0.05, 0.1) is 19.1 Å². The lowest BCUT2D eigenvalue weighted by Crippen LogP contribution is -2.31. The van der Waals surface area contributed by atoms with E-state index in [2.05, 4.69) is 10.1 Å². The molecule has 22 heavy (non-hydrogen) atoms. The second kappa shape index (κ2) is 6.46. The molecule has 1 unspecified atom stereocenters. The molecule has 1 aliphatic rings. The number of nitro groups is 1. The van der Waals surface area contributed by atoms with Gasteiger partial charge >= 0.3 is 11.8 Å². The fourth-order valence-electron chi connectivity index (χ4n) is 2.38. The van der Waals surface area contributed by atoms with E-state index < -0.39 is 22.5 Å². The van der Waals surface area contributed by atoms with Crippen LogP contribution in [0.3, 0.4) is 0 Å². The van der Waals surface area contributed by atoms with Gasteiger partial charge in [-0.25, -0.2) is 4.79 Å². The van der Waals surface area contributed by atoms with Crippen molar-refractivity contribution in [2.24, 2.45) is 0 Å². The van der Waals surface area contributed by atoms with Crippen molar-refractivity contribution in [2.75, 3.05) is 32.6 Å². The zero-order valence-corrected chi connectivity index (χ0v) is 12.2.